The van der Waals surface area contributed by atoms with Gasteiger partial charge in [-0.05, 0) is 48.9 Å². The molecule has 0 bridgehead atoms. The molecule has 0 atom stereocenters. The standard InChI is InChI=1S/C18H21ClN2O3/c1-2-23-16-7-9-17(10-8-16)24-12-11-20-18(22)21-13-14-3-5-15(19)6-4-14/h3-10H,2,11-13H2,1H3,(H2,20,21,22). The number of hydrogen-bond donors (Lipinski definition) is 2. The second-order valence-corrected chi connectivity index (χ2v) is 5.43. The molecule has 2 aromatic rings. The predicted octanol–water partition coefficient (Wildman–Crippen LogP) is 3.62. The predicted molar refractivity (Wildman–Crippen MR) is 94.8 cm³/mol. The monoisotopic (exact) mass is 348 g/mol. The summed E-state index contributed by atoms with van der Waals surface area (Å²) in [6.07, 6.45) is 0. The lowest BCUT2D eigenvalue weighted by Crippen LogP contribution is -2.37. The van der Waals surface area contributed by atoms with E-state index in [2.05, 4.69) is 10.6 Å². The minimum atomic E-state index is -0.236. The van der Waals surface area contributed by atoms with E-state index in [1.165, 1.54) is 0 Å². The van der Waals surface area contributed by atoms with Gasteiger partial charge >= 0.3 is 6.03 Å². The highest BCUT2D eigenvalue weighted by molar-refractivity contribution is 6.30. The van der Waals surface area contributed by atoms with Crippen molar-refractivity contribution in [1.82, 2.24) is 10.6 Å². The molecule has 128 valence electrons. The van der Waals surface area contributed by atoms with Crippen molar-refractivity contribution >= 4 is 17.6 Å². The van der Waals surface area contributed by atoms with Gasteiger partial charge in [0.25, 0.3) is 0 Å². The quantitative estimate of drug-likeness (QED) is 0.716. The van der Waals surface area contributed by atoms with Crippen LogP contribution in [0.2, 0.25) is 5.02 Å². The Labute approximate surface area is 146 Å². The molecule has 0 heterocycles. The highest BCUT2D eigenvalue weighted by Crippen LogP contribution is 2.17. The highest BCUT2D eigenvalue weighted by atomic mass is 35.5. The van der Waals surface area contributed by atoms with Crippen molar-refractivity contribution in [3.8, 4) is 11.5 Å². The topological polar surface area (TPSA) is 59.6 Å². The van der Waals surface area contributed by atoms with E-state index in [1.807, 2.05) is 43.3 Å². The number of halogens is 1. The van der Waals surface area contributed by atoms with Crippen molar-refractivity contribution in [1.29, 1.82) is 0 Å². The van der Waals surface area contributed by atoms with Crippen molar-refractivity contribution in [2.45, 2.75) is 13.5 Å². The van der Waals surface area contributed by atoms with Gasteiger partial charge in [-0.2, -0.15) is 0 Å². The van der Waals surface area contributed by atoms with Gasteiger partial charge in [0.1, 0.15) is 18.1 Å². The van der Waals surface area contributed by atoms with Crippen molar-refractivity contribution in [2.24, 2.45) is 0 Å². The molecule has 0 unspecified atom stereocenters. The summed E-state index contributed by atoms with van der Waals surface area (Å²) in [6, 6.07) is 14.5. The van der Waals surface area contributed by atoms with Crippen LogP contribution in [0.4, 0.5) is 4.79 Å². The van der Waals surface area contributed by atoms with E-state index in [0.29, 0.717) is 31.3 Å². The van der Waals surface area contributed by atoms with Crippen molar-refractivity contribution in [2.75, 3.05) is 19.8 Å². The van der Waals surface area contributed by atoms with Crippen LogP contribution in [0.3, 0.4) is 0 Å². The molecule has 5 nitrogen and oxygen atoms in total. The number of urea groups is 1. The van der Waals surface area contributed by atoms with Crippen molar-refractivity contribution in [3.63, 3.8) is 0 Å². The second-order valence-electron chi connectivity index (χ2n) is 4.99. The molecule has 0 saturated heterocycles. The number of hydrogen-bond acceptors (Lipinski definition) is 3. The number of ether oxygens (including phenoxy) is 2. The van der Waals surface area contributed by atoms with Gasteiger partial charge in [0.15, 0.2) is 0 Å². The van der Waals surface area contributed by atoms with Gasteiger partial charge in [-0.25, -0.2) is 4.79 Å². The van der Waals surface area contributed by atoms with Crippen LogP contribution >= 0.6 is 11.6 Å². The molecule has 2 rings (SSSR count). The Hall–Kier alpha value is -2.40. The zero-order chi connectivity index (χ0) is 17.2. The number of nitrogens with one attached hydrogen (secondary N) is 2. The first kappa shape index (κ1) is 17.9. The van der Waals surface area contributed by atoms with E-state index in [-0.39, 0.29) is 6.03 Å². The Morgan fingerprint density at radius 2 is 1.58 bits per heavy atom. The number of amides is 2. The molecular formula is C18H21ClN2O3. The first-order valence-corrected chi connectivity index (χ1v) is 8.17. The molecule has 0 aliphatic carbocycles. The summed E-state index contributed by atoms with van der Waals surface area (Å²) in [4.78, 5) is 11.7. The Morgan fingerprint density at radius 3 is 2.21 bits per heavy atom. The number of carbonyl (C=O) groups excluding carboxylic acids is 1. The minimum absolute atomic E-state index is 0.236. The zero-order valence-electron chi connectivity index (χ0n) is 13.5. The molecule has 0 radical (unpaired) electrons. The van der Waals surface area contributed by atoms with E-state index in [9.17, 15) is 4.79 Å². The smallest absolute Gasteiger partial charge is 0.315 e. The Bertz CT molecular complexity index is 630. The third-order valence-corrected chi connectivity index (χ3v) is 3.41. The van der Waals surface area contributed by atoms with Crippen LogP contribution in [0.5, 0.6) is 11.5 Å². The maximum absolute atomic E-state index is 11.7. The Balaban J connectivity index is 1.61. The first-order valence-electron chi connectivity index (χ1n) is 7.79. The van der Waals surface area contributed by atoms with Gasteiger partial charge < -0.3 is 20.1 Å². The summed E-state index contributed by atoms with van der Waals surface area (Å²) < 4.78 is 10.9. The summed E-state index contributed by atoms with van der Waals surface area (Å²) in [5.41, 5.74) is 0.986. The van der Waals surface area contributed by atoms with Gasteiger partial charge in [0.05, 0.1) is 13.2 Å². The molecule has 2 aromatic carbocycles. The van der Waals surface area contributed by atoms with Crippen LogP contribution < -0.4 is 20.1 Å². The van der Waals surface area contributed by atoms with Gasteiger partial charge in [-0.3, -0.25) is 0 Å². The van der Waals surface area contributed by atoms with E-state index in [1.54, 1.807) is 12.1 Å². The zero-order valence-corrected chi connectivity index (χ0v) is 14.3. The second kappa shape index (κ2) is 9.67. The number of benzene rings is 2. The van der Waals surface area contributed by atoms with Crippen LogP contribution in [0, 0.1) is 0 Å². The van der Waals surface area contributed by atoms with Crippen molar-refractivity contribution < 1.29 is 14.3 Å². The normalized spacial score (nSPS) is 10.1. The molecular weight excluding hydrogens is 328 g/mol. The average molecular weight is 349 g/mol. The van der Waals surface area contributed by atoms with E-state index in [4.69, 9.17) is 21.1 Å². The minimum Gasteiger partial charge on any atom is -0.494 e. The lowest BCUT2D eigenvalue weighted by molar-refractivity contribution is 0.236. The fourth-order valence-electron chi connectivity index (χ4n) is 1.98. The summed E-state index contributed by atoms with van der Waals surface area (Å²) in [7, 11) is 0. The number of carbonyl (C=O) groups is 1. The van der Waals surface area contributed by atoms with Crippen LogP contribution in [0.1, 0.15) is 12.5 Å². The van der Waals surface area contributed by atoms with Gasteiger partial charge in [0, 0.05) is 11.6 Å². The summed E-state index contributed by atoms with van der Waals surface area (Å²) in [5, 5.41) is 6.19. The fourth-order valence-corrected chi connectivity index (χ4v) is 2.11. The Morgan fingerprint density at radius 1 is 0.958 bits per heavy atom. The first-order chi connectivity index (χ1) is 11.7. The highest BCUT2D eigenvalue weighted by Gasteiger charge is 2.01. The molecule has 0 saturated carbocycles. The van der Waals surface area contributed by atoms with Gasteiger partial charge in [-0.1, -0.05) is 23.7 Å². The molecule has 2 N–H and O–H groups in total. The summed E-state index contributed by atoms with van der Waals surface area (Å²) >= 11 is 5.81. The van der Waals surface area contributed by atoms with Crippen LogP contribution in [0.25, 0.3) is 0 Å². The van der Waals surface area contributed by atoms with E-state index < -0.39 is 0 Å². The molecule has 0 spiro atoms. The van der Waals surface area contributed by atoms with Crippen molar-refractivity contribution in [3.05, 3.63) is 59.1 Å². The molecule has 0 fully saturated rings. The van der Waals surface area contributed by atoms with Crippen LogP contribution in [-0.4, -0.2) is 25.8 Å². The SMILES string of the molecule is CCOc1ccc(OCCNC(=O)NCc2ccc(Cl)cc2)cc1. The van der Waals surface area contributed by atoms with Gasteiger partial charge in [-0.15, -0.1) is 0 Å². The summed E-state index contributed by atoms with van der Waals surface area (Å²) in [5.74, 6) is 1.55. The molecule has 0 aliphatic rings. The molecule has 24 heavy (non-hydrogen) atoms. The molecule has 6 heteroatoms. The fraction of sp³-hybridized carbons (Fsp3) is 0.278. The Kier molecular flexibility index (Phi) is 7.23. The number of rotatable bonds is 8. The van der Waals surface area contributed by atoms with E-state index in [0.717, 1.165) is 17.1 Å². The van der Waals surface area contributed by atoms with Crippen LogP contribution in [-0.2, 0) is 6.54 Å². The maximum atomic E-state index is 11.7. The molecule has 2 amide bonds. The van der Waals surface area contributed by atoms with Crippen LogP contribution in [0.15, 0.2) is 48.5 Å². The third kappa shape index (κ3) is 6.38. The molecule has 0 aliphatic heterocycles. The lowest BCUT2D eigenvalue weighted by Gasteiger charge is -2.10. The van der Waals surface area contributed by atoms with E-state index >= 15 is 0 Å². The largest absolute Gasteiger partial charge is 0.494 e. The molecule has 0 aromatic heterocycles. The van der Waals surface area contributed by atoms with Gasteiger partial charge in [0.2, 0.25) is 0 Å². The summed E-state index contributed by atoms with van der Waals surface area (Å²) in [6.45, 7) is 3.83. The lowest BCUT2D eigenvalue weighted by atomic mass is 10.2. The average Bonchev–Trinajstić information content (AvgIpc) is 2.60. The maximum Gasteiger partial charge on any atom is 0.315 e. The third-order valence-electron chi connectivity index (χ3n) is 3.16.